The van der Waals surface area contributed by atoms with Gasteiger partial charge in [-0.15, -0.1) is 0 Å². The molecule has 1 saturated heterocycles. The van der Waals surface area contributed by atoms with Gasteiger partial charge >= 0.3 is 5.97 Å². The van der Waals surface area contributed by atoms with Crippen molar-refractivity contribution in [2.75, 3.05) is 13.1 Å². The van der Waals surface area contributed by atoms with Crippen molar-refractivity contribution in [3.63, 3.8) is 0 Å². The van der Waals surface area contributed by atoms with Crippen LogP contribution < -0.4 is 5.32 Å². The normalized spacial score (nSPS) is 30.2. The number of hydrogen-bond donors (Lipinski definition) is 2. The van der Waals surface area contributed by atoms with Crippen LogP contribution in [0.15, 0.2) is 0 Å². The Bertz CT molecular complexity index is 429. The first-order valence-corrected chi connectivity index (χ1v) is 7.67. The summed E-state index contributed by atoms with van der Waals surface area (Å²) in [4.78, 5) is 36.6. The second-order valence-electron chi connectivity index (χ2n) is 6.42. The average Bonchev–Trinajstić information content (AvgIpc) is 2.82. The van der Waals surface area contributed by atoms with Crippen molar-refractivity contribution in [2.45, 2.75) is 45.6 Å². The Balaban J connectivity index is 1.87. The molecule has 2 aliphatic rings. The summed E-state index contributed by atoms with van der Waals surface area (Å²) in [5.41, 5.74) is 0. The Morgan fingerprint density at radius 3 is 2.19 bits per heavy atom. The Labute approximate surface area is 124 Å². The van der Waals surface area contributed by atoms with Gasteiger partial charge < -0.3 is 15.3 Å². The molecule has 1 saturated carbocycles. The van der Waals surface area contributed by atoms with E-state index in [1.165, 1.54) is 0 Å². The quantitative estimate of drug-likeness (QED) is 0.808. The van der Waals surface area contributed by atoms with Crippen molar-refractivity contribution >= 4 is 17.8 Å². The monoisotopic (exact) mass is 296 g/mol. The van der Waals surface area contributed by atoms with E-state index in [4.69, 9.17) is 0 Å². The number of piperidine rings is 1. The minimum absolute atomic E-state index is 0.0541. The van der Waals surface area contributed by atoms with Gasteiger partial charge in [0.25, 0.3) is 0 Å². The number of carboxylic acid groups (broad SMARTS) is 1. The molecule has 1 aliphatic heterocycles. The Morgan fingerprint density at radius 1 is 1.10 bits per heavy atom. The van der Waals surface area contributed by atoms with E-state index in [1.807, 2.05) is 6.92 Å². The van der Waals surface area contributed by atoms with E-state index in [2.05, 4.69) is 5.32 Å². The molecule has 118 valence electrons. The molecule has 2 rings (SSSR count). The van der Waals surface area contributed by atoms with E-state index in [-0.39, 0.29) is 23.8 Å². The van der Waals surface area contributed by atoms with E-state index in [0.717, 1.165) is 12.8 Å². The zero-order valence-corrected chi connectivity index (χ0v) is 12.7. The first-order chi connectivity index (χ1) is 9.88. The smallest absolute Gasteiger partial charge is 0.307 e. The van der Waals surface area contributed by atoms with E-state index in [9.17, 15) is 19.5 Å². The maximum absolute atomic E-state index is 12.3. The van der Waals surface area contributed by atoms with E-state index in [1.54, 1.807) is 11.8 Å². The lowest BCUT2D eigenvalue weighted by Gasteiger charge is -2.32. The number of aliphatic carboxylic acids is 1. The summed E-state index contributed by atoms with van der Waals surface area (Å²) in [6.07, 6.45) is 2.71. The molecule has 3 atom stereocenters. The predicted molar refractivity (Wildman–Crippen MR) is 76.4 cm³/mol. The number of nitrogens with one attached hydrogen (secondary N) is 1. The highest BCUT2D eigenvalue weighted by Crippen LogP contribution is 2.36. The highest BCUT2D eigenvalue weighted by Gasteiger charge is 2.41. The molecule has 6 heteroatoms. The molecular weight excluding hydrogens is 272 g/mol. The van der Waals surface area contributed by atoms with Gasteiger partial charge in [-0.25, -0.2) is 0 Å². The SMILES string of the molecule is CC(=O)N1CCC(NC(=O)[C@H]2CC(C)C[C@H]2C(=O)O)CC1. The highest BCUT2D eigenvalue weighted by molar-refractivity contribution is 5.85. The second-order valence-corrected chi connectivity index (χ2v) is 6.42. The van der Waals surface area contributed by atoms with Gasteiger partial charge in [0.15, 0.2) is 0 Å². The molecule has 1 unspecified atom stereocenters. The fraction of sp³-hybridized carbons (Fsp3) is 0.800. The molecule has 6 nitrogen and oxygen atoms in total. The van der Waals surface area contributed by atoms with Crippen LogP contribution in [0, 0.1) is 17.8 Å². The van der Waals surface area contributed by atoms with Crippen molar-refractivity contribution in [1.29, 1.82) is 0 Å². The zero-order chi connectivity index (χ0) is 15.6. The van der Waals surface area contributed by atoms with E-state index in [0.29, 0.717) is 25.9 Å². The maximum Gasteiger partial charge on any atom is 0.307 e. The highest BCUT2D eigenvalue weighted by atomic mass is 16.4. The third-order valence-electron chi connectivity index (χ3n) is 4.74. The minimum atomic E-state index is -0.870. The van der Waals surface area contributed by atoms with Crippen molar-refractivity contribution < 1.29 is 19.5 Å². The summed E-state index contributed by atoms with van der Waals surface area (Å²) < 4.78 is 0. The molecule has 21 heavy (non-hydrogen) atoms. The van der Waals surface area contributed by atoms with Crippen molar-refractivity contribution in [2.24, 2.45) is 17.8 Å². The molecule has 1 heterocycles. The standard InChI is InChI=1S/C15H24N2O4/c1-9-7-12(13(8-9)15(20)21)14(19)16-11-3-5-17(6-4-11)10(2)18/h9,11-13H,3-8H2,1-2H3,(H,16,19)(H,20,21)/t9?,12-,13+/m0/s1. The lowest BCUT2D eigenvalue weighted by atomic mass is 9.94. The molecule has 0 aromatic rings. The Morgan fingerprint density at radius 2 is 1.67 bits per heavy atom. The van der Waals surface area contributed by atoms with Crippen molar-refractivity contribution in [3.05, 3.63) is 0 Å². The number of nitrogens with zero attached hydrogens (tertiary/aromatic N) is 1. The molecular formula is C15H24N2O4. The molecule has 0 aromatic carbocycles. The molecule has 0 bridgehead atoms. The van der Waals surface area contributed by atoms with Gasteiger partial charge in [-0.05, 0) is 31.6 Å². The first kappa shape index (κ1) is 15.8. The van der Waals surface area contributed by atoms with Crippen LogP contribution in [0.4, 0.5) is 0 Å². The fourth-order valence-corrected chi connectivity index (χ4v) is 3.50. The molecule has 1 aliphatic carbocycles. The van der Waals surface area contributed by atoms with Crippen LogP contribution in [0.25, 0.3) is 0 Å². The van der Waals surface area contributed by atoms with Gasteiger partial charge in [0, 0.05) is 26.1 Å². The average molecular weight is 296 g/mol. The zero-order valence-electron chi connectivity index (χ0n) is 12.7. The number of rotatable bonds is 3. The third kappa shape index (κ3) is 3.74. The van der Waals surface area contributed by atoms with Crippen LogP contribution in [0.1, 0.15) is 39.5 Å². The molecule has 0 aromatic heterocycles. The maximum atomic E-state index is 12.3. The fourth-order valence-electron chi connectivity index (χ4n) is 3.50. The van der Waals surface area contributed by atoms with Crippen LogP contribution in [0.2, 0.25) is 0 Å². The lowest BCUT2D eigenvalue weighted by Crippen LogP contribution is -2.48. The molecule has 0 radical (unpaired) electrons. The van der Waals surface area contributed by atoms with Gasteiger partial charge in [-0.3, -0.25) is 14.4 Å². The van der Waals surface area contributed by atoms with Crippen LogP contribution >= 0.6 is 0 Å². The topological polar surface area (TPSA) is 86.7 Å². The first-order valence-electron chi connectivity index (χ1n) is 7.67. The van der Waals surface area contributed by atoms with Crippen LogP contribution in [0.5, 0.6) is 0 Å². The van der Waals surface area contributed by atoms with E-state index >= 15 is 0 Å². The molecule has 2 fully saturated rings. The molecule has 0 spiro atoms. The summed E-state index contributed by atoms with van der Waals surface area (Å²) in [7, 11) is 0. The summed E-state index contributed by atoms with van der Waals surface area (Å²) in [6.45, 7) is 4.86. The third-order valence-corrected chi connectivity index (χ3v) is 4.74. The minimum Gasteiger partial charge on any atom is -0.481 e. The predicted octanol–water partition coefficient (Wildman–Crippen LogP) is 0.860. The number of hydrogen-bond acceptors (Lipinski definition) is 3. The summed E-state index contributed by atoms with van der Waals surface area (Å²) in [6, 6.07) is 0.0541. The van der Waals surface area contributed by atoms with Crippen LogP contribution in [0.3, 0.4) is 0 Å². The number of carboxylic acids is 1. The van der Waals surface area contributed by atoms with E-state index < -0.39 is 17.8 Å². The van der Waals surface area contributed by atoms with Gasteiger partial charge in [0.2, 0.25) is 11.8 Å². The summed E-state index contributed by atoms with van der Waals surface area (Å²) >= 11 is 0. The van der Waals surface area contributed by atoms with Gasteiger partial charge in [-0.2, -0.15) is 0 Å². The molecule has 2 N–H and O–H groups in total. The van der Waals surface area contributed by atoms with Crippen LogP contribution in [-0.4, -0.2) is 46.9 Å². The van der Waals surface area contributed by atoms with Crippen LogP contribution in [-0.2, 0) is 14.4 Å². The summed E-state index contributed by atoms with van der Waals surface area (Å²) in [5.74, 6) is -1.63. The van der Waals surface area contributed by atoms with Gasteiger partial charge in [0.05, 0.1) is 11.8 Å². The van der Waals surface area contributed by atoms with Crippen molar-refractivity contribution in [1.82, 2.24) is 10.2 Å². The van der Waals surface area contributed by atoms with Crippen molar-refractivity contribution in [3.8, 4) is 0 Å². The number of carbonyl (C=O) groups is 3. The second kappa shape index (κ2) is 6.45. The summed E-state index contributed by atoms with van der Waals surface area (Å²) in [5, 5.41) is 12.2. The number of amides is 2. The number of likely N-dealkylation sites (tertiary alicyclic amines) is 1. The number of carbonyl (C=O) groups excluding carboxylic acids is 2. The molecule has 2 amide bonds. The lowest BCUT2D eigenvalue weighted by molar-refractivity contribution is -0.146. The van der Waals surface area contributed by atoms with Gasteiger partial charge in [-0.1, -0.05) is 6.92 Å². The Kier molecular flexibility index (Phi) is 4.85. The largest absolute Gasteiger partial charge is 0.481 e. The Hall–Kier alpha value is -1.59. The van der Waals surface area contributed by atoms with Gasteiger partial charge in [0.1, 0.15) is 0 Å².